The first kappa shape index (κ1) is 26.2. The Morgan fingerprint density at radius 3 is 2.31 bits per heavy atom. The SMILES string of the molecule is CC(C)CC(NC(=O)c1ccc(N(C)C)cc1)C(=O)N1CCC2C1C(=O)CN2C(=O)CC1CCCC1. The first-order valence-corrected chi connectivity index (χ1v) is 13.4. The number of Topliss-reactive ketones (excluding diaryl/α,β-unsaturated/α-hetero) is 1. The third-order valence-electron chi connectivity index (χ3n) is 7.92. The summed E-state index contributed by atoms with van der Waals surface area (Å²) < 4.78 is 0. The zero-order chi connectivity index (χ0) is 26.0. The number of hydrogen-bond acceptors (Lipinski definition) is 5. The second kappa shape index (κ2) is 11.0. The Labute approximate surface area is 214 Å². The van der Waals surface area contributed by atoms with Gasteiger partial charge in [-0.2, -0.15) is 0 Å². The molecule has 3 amide bonds. The molecule has 36 heavy (non-hydrogen) atoms. The van der Waals surface area contributed by atoms with Crippen LogP contribution in [0.4, 0.5) is 5.69 Å². The number of nitrogens with one attached hydrogen (secondary N) is 1. The predicted molar refractivity (Wildman–Crippen MR) is 139 cm³/mol. The summed E-state index contributed by atoms with van der Waals surface area (Å²) in [6.45, 7) is 4.53. The summed E-state index contributed by atoms with van der Waals surface area (Å²) in [5.41, 5.74) is 1.47. The Kier molecular flexibility index (Phi) is 8.00. The molecule has 8 heteroatoms. The van der Waals surface area contributed by atoms with Gasteiger partial charge >= 0.3 is 0 Å². The molecular formula is C28H40N4O4. The van der Waals surface area contributed by atoms with Crippen LogP contribution in [0.2, 0.25) is 0 Å². The molecule has 0 bridgehead atoms. The molecule has 2 aliphatic heterocycles. The van der Waals surface area contributed by atoms with Gasteiger partial charge in [0.25, 0.3) is 5.91 Å². The number of hydrogen-bond donors (Lipinski definition) is 1. The smallest absolute Gasteiger partial charge is 0.251 e. The minimum atomic E-state index is -0.721. The minimum absolute atomic E-state index is 0.0465. The maximum Gasteiger partial charge on any atom is 0.251 e. The van der Waals surface area contributed by atoms with E-state index in [2.05, 4.69) is 5.32 Å². The van der Waals surface area contributed by atoms with Crippen molar-refractivity contribution >= 4 is 29.2 Å². The first-order valence-electron chi connectivity index (χ1n) is 13.4. The summed E-state index contributed by atoms with van der Waals surface area (Å²) in [7, 11) is 3.87. The van der Waals surface area contributed by atoms with E-state index < -0.39 is 12.1 Å². The van der Waals surface area contributed by atoms with E-state index in [9.17, 15) is 19.2 Å². The van der Waals surface area contributed by atoms with Crippen LogP contribution in [-0.4, -0.2) is 78.6 Å². The highest BCUT2D eigenvalue weighted by atomic mass is 16.2. The van der Waals surface area contributed by atoms with E-state index in [0.29, 0.717) is 37.3 Å². The Bertz CT molecular complexity index is 984. The van der Waals surface area contributed by atoms with Crippen LogP contribution in [0.25, 0.3) is 0 Å². The highest BCUT2D eigenvalue weighted by molar-refractivity contribution is 6.01. The highest BCUT2D eigenvalue weighted by Crippen LogP contribution is 2.34. The summed E-state index contributed by atoms with van der Waals surface area (Å²) in [6, 6.07) is 5.67. The lowest BCUT2D eigenvalue weighted by atomic mass is 10.0. The molecule has 1 aromatic rings. The quantitative estimate of drug-likeness (QED) is 0.598. The largest absolute Gasteiger partial charge is 0.378 e. The molecule has 1 N–H and O–H groups in total. The fraction of sp³-hybridized carbons (Fsp3) is 0.643. The molecule has 1 aromatic carbocycles. The Balaban J connectivity index is 1.44. The van der Waals surface area contributed by atoms with Crippen molar-refractivity contribution in [3.8, 4) is 0 Å². The number of amides is 3. The maximum atomic E-state index is 13.7. The van der Waals surface area contributed by atoms with E-state index in [1.54, 1.807) is 21.9 Å². The molecule has 2 heterocycles. The molecule has 8 nitrogen and oxygen atoms in total. The average Bonchev–Trinajstić information content (AvgIpc) is 3.57. The predicted octanol–water partition coefficient (Wildman–Crippen LogP) is 2.86. The Morgan fingerprint density at radius 2 is 1.69 bits per heavy atom. The van der Waals surface area contributed by atoms with Crippen molar-refractivity contribution < 1.29 is 19.2 Å². The van der Waals surface area contributed by atoms with Crippen LogP contribution >= 0.6 is 0 Å². The summed E-state index contributed by atoms with van der Waals surface area (Å²) in [5, 5.41) is 2.93. The van der Waals surface area contributed by atoms with Gasteiger partial charge in [-0.1, -0.05) is 26.7 Å². The van der Waals surface area contributed by atoms with Gasteiger partial charge in [-0.3, -0.25) is 19.2 Å². The number of carbonyl (C=O) groups is 4. The summed E-state index contributed by atoms with van der Waals surface area (Å²) in [6.07, 6.45) is 6.10. The molecule has 1 saturated carbocycles. The van der Waals surface area contributed by atoms with Gasteiger partial charge in [0.05, 0.1) is 12.6 Å². The molecule has 0 aromatic heterocycles. The number of likely N-dealkylation sites (tertiary alicyclic amines) is 2. The normalized spacial score (nSPS) is 22.8. The van der Waals surface area contributed by atoms with Crippen molar-refractivity contribution in [2.24, 2.45) is 11.8 Å². The summed E-state index contributed by atoms with van der Waals surface area (Å²) >= 11 is 0. The van der Waals surface area contributed by atoms with E-state index >= 15 is 0 Å². The van der Waals surface area contributed by atoms with Crippen molar-refractivity contribution in [1.82, 2.24) is 15.1 Å². The number of ketones is 1. The molecule has 3 unspecified atom stereocenters. The van der Waals surface area contributed by atoms with E-state index in [1.165, 1.54) is 12.8 Å². The molecular weight excluding hydrogens is 456 g/mol. The summed E-state index contributed by atoms with van der Waals surface area (Å²) in [5.74, 6) is 0.0413. The number of anilines is 1. The molecule has 3 atom stereocenters. The van der Waals surface area contributed by atoms with Crippen LogP contribution in [0.3, 0.4) is 0 Å². The molecule has 2 saturated heterocycles. The minimum Gasteiger partial charge on any atom is -0.378 e. The van der Waals surface area contributed by atoms with Crippen molar-refractivity contribution in [2.75, 3.05) is 32.1 Å². The van der Waals surface area contributed by atoms with Gasteiger partial charge in [-0.15, -0.1) is 0 Å². The summed E-state index contributed by atoms with van der Waals surface area (Å²) in [4.78, 5) is 58.0. The van der Waals surface area contributed by atoms with Crippen LogP contribution in [0.15, 0.2) is 24.3 Å². The molecule has 0 radical (unpaired) electrons. The van der Waals surface area contributed by atoms with Gasteiger partial charge in [-0.05, 0) is 61.8 Å². The van der Waals surface area contributed by atoms with Crippen molar-refractivity contribution in [3.05, 3.63) is 29.8 Å². The molecule has 1 aliphatic carbocycles. The molecule has 3 fully saturated rings. The van der Waals surface area contributed by atoms with E-state index in [1.807, 2.05) is 45.0 Å². The van der Waals surface area contributed by atoms with E-state index in [4.69, 9.17) is 0 Å². The number of benzene rings is 1. The second-order valence-corrected chi connectivity index (χ2v) is 11.3. The van der Waals surface area contributed by atoms with Crippen LogP contribution in [0, 0.1) is 11.8 Å². The fourth-order valence-electron chi connectivity index (χ4n) is 6.01. The lowest BCUT2D eigenvalue weighted by molar-refractivity contribution is -0.138. The first-order chi connectivity index (χ1) is 17.2. The highest BCUT2D eigenvalue weighted by Gasteiger charge is 2.52. The molecule has 196 valence electrons. The molecule has 4 rings (SSSR count). The molecule has 3 aliphatic rings. The van der Waals surface area contributed by atoms with Gasteiger partial charge in [0.15, 0.2) is 5.78 Å². The topological polar surface area (TPSA) is 90.0 Å². The third-order valence-corrected chi connectivity index (χ3v) is 7.92. The Hall–Kier alpha value is -2.90. The lowest BCUT2D eigenvalue weighted by Gasteiger charge is -2.29. The molecule has 0 spiro atoms. The zero-order valence-electron chi connectivity index (χ0n) is 22.0. The standard InChI is InChI=1S/C28H40N4O4/c1-18(2)15-22(29-27(35)20-9-11-21(12-10-20)30(3)4)28(36)31-14-13-23-26(31)24(33)17-32(23)25(34)16-19-7-5-6-8-19/h9-12,18-19,22-23,26H,5-8,13-17H2,1-4H3,(H,29,35). The fourth-order valence-corrected chi connectivity index (χ4v) is 6.01. The van der Waals surface area contributed by atoms with Crippen LogP contribution in [0.1, 0.15) is 69.2 Å². The third kappa shape index (κ3) is 5.57. The van der Waals surface area contributed by atoms with Crippen LogP contribution in [-0.2, 0) is 14.4 Å². The van der Waals surface area contributed by atoms with Crippen molar-refractivity contribution in [1.29, 1.82) is 0 Å². The van der Waals surface area contributed by atoms with Gasteiger partial charge in [0.2, 0.25) is 11.8 Å². The monoisotopic (exact) mass is 496 g/mol. The van der Waals surface area contributed by atoms with Crippen molar-refractivity contribution in [2.45, 2.75) is 76.9 Å². The van der Waals surface area contributed by atoms with Crippen LogP contribution in [0.5, 0.6) is 0 Å². The number of nitrogens with zero attached hydrogens (tertiary/aromatic N) is 3. The Morgan fingerprint density at radius 1 is 1.03 bits per heavy atom. The van der Waals surface area contributed by atoms with E-state index in [-0.39, 0.29) is 42.0 Å². The maximum absolute atomic E-state index is 13.7. The zero-order valence-corrected chi connectivity index (χ0v) is 22.0. The van der Waals surface area contributed by atoms with E-state index in [0.717, 1.165) is 18.5 Å². The van der Waals surface area contributed by atoms with Crippen molar-refractivity contribution in [3.63, 3.8) is 0 Å². The number of rotatable bonds is 8. The van der Waals surface area contributed by atoms with Gasteiger partial charge in [0, 0.05) is 38.3 Å². The number of carbonyl (C=O) groups excluding carboxylic acids is 4. The second-order valence-electron chi connectivity index (χ2n) is 11.3. The number of fused-ring (bicyclic) bond motifs is 1. The van der Waals surface area contributed by atoms with Gasteiger partial charge in [0.1, 0.15) is 12.1 Å². The lowest BCUT2D eigenvalue weighted by Crippen LogP contribution is -2.53. The average molecular weight is 497 g/mol. The van der Waals surface area contributed by atoms with Gasteiger partial charge < -0.3 is 20.0 Å². The van der Waals surface area contributed by atoms with Gasteiger partial charge in [-0.25, -0.2) is 0 Å². The van der Waals surface area contributed by atoms with Crippen LogP contribution < -0.4 is 10.2 Å².